The monoisotopic (exact) mass is 481 g/mol. The number of carbonyl (C=O) groups is 2. The normalized spacial score (nSPS) is 32.6. The molecule has 9 heteroatoms. The zero-order chi connectivity index (χ0) is 21.4. The zero-order valence-electron chi connectivity index (χ0n) is 16.1. The first-order chi connectivity index (χ1) is 14.9. The Hall–Kier alpha value is -3.07. The fourth-order valence-corrected chi connectivity index (χ4v) is 5.95. The molecule has 156 valence electrons. The number of imide groups is 1. The van der Waals surface area contributed by atoms with Crippen LogP contribution in [-0.2, 0) is 9.59 Å². The number of hydrogen-bond donors (Lipinski definition) is 0. The fourth-order valence-electron chi connectivity index (χ4n) is 5.60. The number of nitrogens with zero attached hydrogens (tertiary/aromatic N) is 3. The smallest absolute Gasteiger partial charge is 0.281 e. The number of benzene rings is 1. The summed E-state index contributed by atoms with van der Waals surface area (Å²) in [6, 6.07) is 7.89. The predicted molar refractivity (Wildman–Crippen MR) is 113 cm³/mol. The van der Waals surface area contributed by atoms with Crippen molar-refractivity contribution >= 4 is 39.6 Å². The maximum Gasteiger partial charge on any atom is 0.281 e. The number of allylic oxidation sites excluding steroid dienone is 2. The number of carbonyl (C=O) groups excluding carboxylic acids is 2. The van der Waals surface area contributed by atoms with E-state index >= 15 is 0 Å². The highest BCUT2D eigenvalue weighted by Crippen LogP contribution is 2.65. The molecule has 1 aliphatic heterocycles. The third-order valence-corrected chi connectivity index (χ3v) is 7.48. The number of hydrogen-bond acceptors (Lipinski definition) is 6. The van der Waals surface area contributed by atoms with Gasteiger partial charge in [-0.2, -0.15) is 10.1 Å². The van der Waals surface area contributed by atoms with Crippen molar-refractivity contribution in [2.75, 3.05) is 0 Å². The number of amides is 2. The summed E-state index contributed by atoms with van der Waals surface area (Å²) in [5.74, 6) is 0.856. The van der Waals surface area contributed by atoms with Crippen LogP contribution in [0.5, 0.6) is 0 Å². The second-order valence-corrected chi connectivity index (χ2v) is 9.42. The van der Waals surface area contributed by atoms with Crippen molar-refractivity contribution in [3.63, 3.8) is 0 Å². The molecule has 5 aliphatic rings. The molecule has 2 bridgehead atoms. The van der Waals surface area contributed by atoms with E-state index in [1.54, 1.807) is 24.3 Å². The molecule has 3 fully saturated rings. The molecule has 1 saturated heterocycles. The molecular weight excluding hydrogens is 466 g/mol. The molecule has 2 amide bonds. The first-order valence-electron chi connectivity index (χ1n) is 10.1. The minimum atomic E-state index is -0.480. The Morgan fingerprint density at radius 1 is 1.10 bits per heavy atom. The highest BCUT2D eigenvalue weighted by molar-refractivity contribution is 9.10. The van der Waals surface area contributed by atoms with Gasteiger partial charge in [-0.3, -0.25) is 19.7 Å². The van der Waals surface area contributed by atoms with Gasteiger partial charge in [-0.1, -0.05) is 28.1 Å². The van der Waals surface area contributed by atoms with E-state index in [9.17, 15) is 19.7 Å². The van der Waals surface area contributed by atoms with Gasteiger partial charge in [-0.15, -0.1) is 0 Å². The summed E-state index contributed by atoms with van der Waals surface area (Å²) in [7, 11) is 0. The van der Waals surface area contributed by atoms with Crippen LogP contribution in [0.25, 0.3) is 11.3 Å². The molecule has 4 aliphatic carbocycles. The van der Waals surface area contributed by atoms with Crippen molar-refractivity contribution in [3.8, 4) is 11.3 Å². The summed E-state index contributed by atoms with van der Waals surface area (Å²) < 4.78 is 6.29. The topological polar surface area (TPSA) is 106 Å². The number of hydrazone groups is 1. The minimum absolute atomic E-state index is 0.0947. The quantitative estimate of drug-likeness (QED) is 0.215. The number of rotatable bonds is 4. The Labute approximate surface area is 184 Å². The highest BCUT2D eigenvalue weighted by Gasteiger charge is 2.67. The van der Waals surface area contributed by atoms with E-state index in [2.05, 4.69) is 33.2 Å². The molecule has 0 spiro atoms. The lowest BCUT2D eigenvalue weighted by atomic mass is 9.63. The van der Waals surface area contributed by atoms with Gasteiger partial charge >= 0.3 is 0 Å². The Morgan fingerprint density at radius 2 is 1.77 bits per heavy atom. The van der Waals surface area contributed by atoms with E-state index < -0.39 is 4.92 Å². The molecule has 2 heterocycles. The van der Waals surface area contributed by atoms with Crippen LogP contribution in [0, 0.1) is 45.6 Å². The van der Waals surface area contributed by atoms with Crippen molar-refractivity contribution in [2.24, 2.45) is 40.6 Å². The maximum atomic E-state index is 13.0. The lowest BCUT2D eigenvalue weighted by molar-refractivity contribution is -0.384. The van der Waals surface area contributed by atoms with Crippen molar-refractivity contribution in [1.29, 1.82) is 0 Å². The van der Waals surface area contributed by atoms with Crippen molar-refractivity contribution in [2.45, 2.75) is 6.42 Å². The van der Waals surface area contributed by atoms with E-state index in [4.69, 9.17) is 4.42 Å². The van der Waals surface area contributed by atoms with E-state index in [-0.39, 0.29) is 41.2 Å². The Balaban J connectivity index is 1.26. The second-order valence-electron chi connectivity index (χ2n) is 8.51. The Kier molecular flexibility index (Phi) is 3.89. The van der Waals surface area contributed by atoms with Gasteiger partial charge in [0.1, 0.15) is 11.5 Å². The molecule has 0 unspecified atom stereocenters. The van der Waals surface area contributed by atoms with Crippen LogP contribution in [-0.4, -0.2) is 28.0 Å². The van der Waals surface area contributed by atoms with Crippen molar-refractivity contribution in [3.05, 3.63) is 62.8 Å². The lowest BCUT2D eigenvalue weighted by Gasteiger charge is -2.37. The second kappa shape index (κ2) is 6.46. The van der Waals surface area contributed by atoms with Crippen LogP contribution in [0.15, 0.2) is 56.5 Å². The van der Waals surface area contributed by atoms with Gasteiger partial charge in [-0.05, 0) is 54.4 Å². The van der Waals surface area contributed by atoms with Crippen LogP contribution in [0.2, 0.25) is 0 Å². The van der Waals surface area contributed by atoms with Crippen LogP contribution >= 0.6 is 15.9 Å². The summed E-state index contributed by atoms with van der Waals surface area (Å²) >= 11 is 3.23. The Morgan fingerprint density at radius 3 is 2.42 bits per heavy atom. The van der Waals surface area contributed by atoms with Crippen LogP contribution in [0.4, 0.5) is 5.69 Å². The predicted octanol–water partition coefficient (Wildman–Crippen LogP) is 4.00. The summed E-state index contributed by atoms with van der Waals surface area (Å²) in [4.78, 5) is 36.8. The molecule has 0 N–H and O–H groups in total. The Bertz CT molecular complexity index is 1180. The molecule has 2 aromatic rings. The van der Waals surface area contributed by atoms with E-state index in [0.29, 0.717) is 33.4 Å². The van der Waals surface area contributed by atoms with E-state index in [0.717, 1.165) is 11.4 Å². The average Bonchev–Trinajstić information content (AvgIpc) is 3.39. The van der Waals surface area contributed by atoms with Gasteiger partial charge in [0.05, 0.1) is 28.5 Å². The van der Waals surface area contributed by atoms with Gasteiger partial charge < -0.3 is 4.42 Å². The summed E-state index contributed by atoms with van der Waals surface area (Å²) in [6.45, 7) is 0. The number of nitro benzene ring substituents is 1. The van der Waals surface area contributed by atoms with Gasteiger partial charge in [0.2, 0.25) is 0 Å². The third-order valence-electron chi connectivity index (χ3n) is 6.99. The average molecular weight is 482 g/mol. The standard InChI is InChI=1S/C22H16BrN3O5/c23-10-1-3-14(17(7-10)26(29)30)18-6-2-11(31-18)9-24-25-21(27)19-12-4-5-13(16-8-15(12)16)20(19)22(25)28/h1-7,9,12-13,15-16,19-20H,8H2/b24-9-/t12-,13-,15-,16+,19-,20+/m1/s1. The third kappa shape index (κ3) is 2.69. The van der Waals surface area contributed by atoms with Gasteiger partial charge in [0, 0.05) is 10.5 Å². The first-order valence-corrected chi connectivity index (χ1v) is 10.9. The van der Waals surface area contributed by atoms with E-state index in [1.165, 1.54) is 12.3 Å². The molecule has 1 aromatic heterocycles. The highest BCUT2D eigenvalue weighted by atomic mass is 79.9. The maximum absolute atomic E-state index is 13.0. The zero-order valence-corrected chi connectivity index (χ0v) is 17.6. The molecule has 1 aromatic carbocycles. The van der Waals surface area contributed by atoms with Gasteiger partial charge in [0.25, 0.3) is 17.5 Å². The molecule has 6 atom stereocenters. The number of furan rings is 1. The van der Waals surface area contributed by atoms with E-state index in [1.807, 2.05) is 0 Å². The summed E-state index contributed by atoms with van der Waals surface area (Å²) in [6.07, 6.45) is 6.65. The van der Waals surface area contributed by atoms with Crippen LogP contribution < -0.4 is 0 Å². The molecule has 7 rings (SSSR count). The molecule has 2 saturated carbocycles. The number of nitro groups is 1. The summed E-state index contributed by atoms with van der Waals surface area (Å²) in [5, 5.41) is 16.5. The van der Waals surface area contributed by atoms with Crippen LogP contribution in [0.1, 0.15) is 12.2 Å². The largest absolute Gasteiger partial charge is 0.455 e. The molecule has 0 radical (unpaired) electrons. The molecular formula is C22H16BrN3O5. The first kappa shape index (κ1) is 18.7. The molecule has 31 heavy (non-hydrogen) atoms. The SMILES string of the molecule is O=C1[C@@H]2[C@@H]3C=C[C@H]([C@@H]4C[C@H]34)[C@@H]2C(=O)N1/N=C\c1ccc(-c2ccc(Br)cc2[N+](=O)[O-])o1. The van der Waals surface area contributed by atoms with Crippen molar-refractivity contribution in [1.82, 2.24) is 5.01 Å². The van der Waals surface area contributed by atoms with Gasteiger partial charge in [0.15, 0.2) is 0 Å². The summed E-state index contributed by atoms with van der Waals surface area (Å²) in [5.41, 5.74) is 0.233. The lowest BCUT2D eigenvalue weighted by Crippen LogP contribution is -2.40. The van der Waals surface area contributed by atoms with Gasteiger partial charge in [-0.25, -0.2) is 0 Å². The number of halogens is 1. The minimum Gasteiger partial charge on any atom is -0.455 e. The van der Waals surface area contributed by atoms with Crippen molar-refractivity contribution < 1.29 is 18.9 Å². The fraction of sp³-hybridized carbons (Fsp3) is 0.318. The van der Waals surface area contributed by atoms with Crippen LogP contribution in [0.3, 0.4) is 0 Å². The molecule has 8 nitrogen and oxygen atoms in total.